The second-order valence-electron chi connectivity index (χ2n) is 4.17. The zero-order chi connectivity index (χ0) is 14.5. The summed E-state index contributed by atoms with van der Waals surface area (Å²) in [6, 6.07) is 10.7. The first-order valence-electron chi connectivity index (χ1n) is 6.03. The molecule has 20 heavy (non-hydrogen) atoms. The average molecular weight is 268 g/mol. The Balaban J connectivity index is 2.41. The van der Waals surface area contributed by atoms with E-state index in [1.54, 1.807) is 38.5 Å². The molecule has 0 radical (unpaired) electrons. The van der Waals surface area contributed by atoms with Gasteiger partial charge >= 0.3 is 0 Å². The third-order valence-corrected chi connectivity index (χ3v) is 2.78. The average Bonchev–Trinajstić information content (AvgIpc) is 2.46. The number of ether oxygens (including phenoxy) is 2. The van der Waals surface area contributed by atoms with E-state index in [0.717, 1.165) is 11.1 Å². The molecule has 4 heteroatoms. The van der Waals surface area contributed by atoms with Crippen LogP contribution in [0.5, 0.6) is 11.5 Å². The molecule has 0 aliphatic rings. The van der Waals surface area contributed by atoms with E-state index < -0.39 is 0 Å². The third-order valence-electron chi connectivity index (χ3n) is 2.78. The van der Waals surface area contributed by atoms with Crippen LogP contribution in [0.3, 0.4) is 0 Å². The minimum Gasteiger partial charge on any atom is -0.495 e. The summed E-state index contributed by atoms with van der Waals surface area (Å²) in [6.45, 7) is 0. The SMILES string of the molecule is COc1cc(N)ccc1C#Cc1ccc(N)cc1OC. The Bertz CT molecular complexity index is 627. The maximum Gasteiger partial charge on any atom is 0.136 e. The summed E-state index contributed by atoms with van der Waals surface area (Å²) < 4.78 is 10.5. The summed E-state index contributed by atoms with van der Waals surface area (Å²) in [4.78, 5) is 0. The number of hydrogen-bond donors (Lipinski definition) is 2. The van der Waals surface area contributed by atoms with Gasteiger partial charge in [0.1, 0.15) is 11.5 Å². The molecule has 0 aromatic heterocycles. The lowest BCUT2D eigenvalue weighted by Gasteiger charge is -2.05. The van der Waals surface area contributed by atoms with Crippen molar-refractivity contribution < 1.29 is 9.47 Å². The van der Waals surface area contributed by atoms with E-state index in [9.17, 15) is 0 Å². The fraction of sp³-hybridized carbons (Fsp3) is 0.125. The van der Waals surface area contributed by atoms with E-state index in [4.69, 9.17) is 20.9 Å². The highest BCUT2D eigenvalue weighted by molar-refractivity contribution is 5.59. The van der Waals surface area contributed by atoms with E-state index in [1.165, 1.54) is 0 Å². The topological polar surface area (TPSA) is 70.5 Å². The lowest BCUT2D eigenvalue weighted by molar-refractivity contribution is 0.413. The van der Waals surface area contributed by atoms with Gasteiger partial charge in [-0.1, -0.05) is 11.8 Å². The first-order chi connectivity index (χ1) is 9.63. The molecular weight excluding hydrogens is 252 g/mol. The highest BCUT2D eigenvalue weighted by Crippen LogP contribution is 2.23. The van der Waals surface area contributed by atoms with Crippen molar-refractivity contribution in [1.82, 2.24) is 0 Å². The van der Waals surface area contributed by atoms with Crippen LogP contribution in [-0.4, -0.2) is 14.2 Å². The number of anilines is 2. The summed E-state index contributed by atoms with van der Waals surface area (Å²) in [5.74, 6) is 7.39. The van der Waals surface area contributed by atoms with Gasteiger partial charge in [0, 0.05) is 23.5 Å². The smallest absolute Gasteiger partial charge is 0.136 e. The van der Waals surface area contributed by atoms with Crippen molar-refractivity contribution in [3.8, 4) is 23.3 Å². The largest absolute Gasteiger partial charge is 0.495 e. The Hall–Kier alpha value is -2.80. The molecule has 2 aromatic carbocycles. The van der Waals surface area contributed by atoms with E-state index in [1.807, 2.05) is 12.1 Å². The van der Waals surface area contributed by atoms with Crippen molar-refractivity contribution in [3.63, 3.8) is 0 Å². The normalized spacial score (nSPS) is 9.50. The maximum atomic E-state index is 5.71. The number of hydrogen-bond acceptors (Lipinski definition) is 4. The Morgan fingerprint density at radius 3 is 1.50 bits per heavy atom. The standard InChI is InChI=1S/C16H16N2O2/c1-19-15-9-13(17)7-5-11(15)3-4-12-6-8-14(18)10-16(12)20-2/h5-10H,17-18H2,1-2H3. The van der Waals surface area contributed by atoms with Crippen LogP contribution in [-0.2, 0) is 0 Å². The fourth-order valence-corrected chi connectivity index (χ4v) is 1.76. The summed E-state index contributed by atoms with van der Waals surface area (Å²) >= 11 is 0. The van der Waals surface area contributed by atoms with E-state index in [2.05, 4.69) is 11.8 Å². The summed E-state index contributed by atoms with van der Waals surface area (Å²) in [6.07, 6.45) is 0. The van der Waals surface area contributed by atoms with Gasteiger partial charge in [-0.3, -0.25) is 0 Å². The van der Waals surface area contributed by atoms with Gasteiger partial charge in [0.25, 0.3) is 0 Å². The van der Waals surface area contributed by atoms with Gasteiger partial charge in [-0.25, -0.2) is 0 Å². The second kappa shape index (κ2) is 5.89. The van der Waals surface area contributed by atoms with Crippen molar-refractivity contribution >= 4 is 11.4 Å². The Kier molecular flexibility index (Phi) is 4.02. The molecule has 0 saturated carbocycles. The van der Waals surface area contributed by atoms with Gasteiger partial charge < -0.3 is 20.9 Å². The van der Waals surface area contributed by atoms with Crippen molar-refractivity contribution in [3.05, 3.63) is 47.5 Å². The Morgan fingerprint density at radius 1 is 0.750 bits per heavy atom. The van der Waals surface area contributed by atoms with Crippen LogP contribution in [0.15, 0.2) is 36.4 Å². The number of nitrogens with two attached hydrogens (primary N) is 2. The molecule has 2 rings (SSSR count). The molecule has 0 saturated heterocycles. The molecule has 4 nitrogen and oxygen atoms in total. The summed E-state index contributed by atoms with van der Waals surface area (Å²) in [7, 11) is 3.17. The van der Waals surface area contributed by atoms with Crippen molar-refractivity contribution in [2.24, 2.45) is 0 Å². The molecule has 0 fully saturated rings. The summed E-state index contributed by atoms with van der Waals surface area (Å²) in [5, 5.41) is 0. The van der Waals surface area contributed by atoms with E-state index in [-0.39, 0.29) is 0 Å². The quantitative estimate of drug-likeness (QED) is 0.647. The van der Waals surface area contributed by atoms with Gasteiger partial charge in [0.2, 0.25) is 0 Å². The Morgan fingerprint density at radius 2 is 1.15 bits per heavy atom. The zero-order valence-corrected chi connectivity index (χ0v) is 11.4. The maximum absolute atomic E-state index is 5.71. The van der Waals surface area contributed by atoms with Gasteiger partial charge in [-0.05, 0) is 24.3 Å². The van der Waals surface area contributed by atoms with Crippen LogP contribution in [0.2, 0.25) is 0 Å². The molecule has 0 heterocycles. The molecule has 0 aliphatic heterocycles. The molecule has 0 spiro atoms. The van der Waals surface area contributed by atoms with Crippen molar-refractivity contribution in [2.45, 2.75) is 0 Å². The second-order valence-corrected chi connectivity index (χ2v) is 4.17. The van der Waals surface area contributed by atoms with Crippen molar-refractivity contribution in [2.75, 3.05) is 25.7 Å². The molecule has 0 unspecified atom stereocenters. The van der Waals surface area contributed by atoms with Crippen LogP contribution in [0.1, 0.15) is 11.1 Å². The number of rotatable bonds is 2. The fourth-order valence-electron chi connectivity index (χ4n) is 1.76. The number of methoxy groups -OCH3 is 2. The molecule has 2 aromatic rings. The minimum absolute atomic E-state index is 0.637. The predicted molar refractivity (Wildman–Crippen MR) is 80.8 cm³/mol. The lowest BCUT2D eigenvalue weighted by Crippen LogP contribution is -1.92. The molecular formula is C16H16N2O2. The predicted octanol–water partition coefficient (Wildman–Crippen LogP) is 2.27. The molecule has 0 aliphatic carbocycles. The first kappa shape index (κ1) is 13.6. The van der Waals surface area contributed by atoms with Gasteiger partial charge in [0.05, 0.1) is 25.3 Å². The highest BCUT2D eigenvalue weighted by atomic mass is 16.5. The van der Waals surface area contributed by atoms with Crippen LogP contribution in [0.25, 0.3) is 0 Å². The molecule has 102 valence electrons. The van der Waals surface area contributed by atoms with Gasteiger partial charge in [0.15, 0.2) is 0 Å². The minimum atomic E-state index is 0.637. The number of nitrogen functional groups attached to an aromatic ring is 2. The van der Waals surface area contributed by atoms with Crippen LogP contribution < -0.4 is 20.9 Å². The summed E-state index contributed by atoms with van der Waals surface area (Å²) in [5.41, 5.74) is 14.2. The molecule has 4 N–H and O–H groups in total. The molecule has 0 atom stereocenters. The molecule has 0 amide bonds. The molecule has 0 bridgehead atoms. The Labute approximate surface area is 118 Å². The highest BCUT2D eigenvalue weighted by Gasteiger charge is 2.02. The first-order valence-corrected chi connectivity index (χ1v) is 6.03. The van der Waals surface area contributed by atoms with Gasteiger partial charge in [-0.2, -0.15) is 0 Å². The third kappa shape index (κ3) is 2.96. The van der Waals surface area contributed by atoms with Crippen LogP contribution in [0, 0.1) is 11.8 Å². The van der Waals surface area contributed by atoms with Crippen LogP contribution in [0.4, 0.5) is 11.4 Å². The van der Waals surface area contributed by atoms with E-state index >= 15 is 0 Å². The van der Waals surface area contributed by atoms with E-state index in [0.29, 0.717) is 22.9 Å². The lowest BCUT2D eigenvalue weighted by atomic mass is 10.1. The van der Waals surface area contributed by atoms with Gasteiger partial charge in [-0.15, -0.1) is 0 Å². The number of benzene rings is 2. The zero-order valence-electron chi connectivity index (χ0n) is 11.4. The monoisotopic (exact) mass is 268 g/mol. The van der Waals surface area contributed by atoms with Crippen molar-refractivity contribution in [1.29, 1.82) is 0 Å². The van der Waals surface area contributed by atoms with Crippen LogP contribution >= 0.6 is 0 Å².